The zero-order valence-electron chi connectivity index (χ0n) is 33.5. The van der Waals surface area contributed by atoms with Gasteiger partial charge in [-0.2, -0.15) is 9.97 Å². The molecule has 11 aromatic rings. The van der Waals surface area contributed by atoms with Crippen molar-refractivity contribution >= 4 is 65.4 Å². The second-order valence-corrected chi connectivity index (χ2v) is 15.8. The first-order chi connectivity index (χ1) is 30.7. The molecule has 12 rings (SSSR count). The van der Waals surface area contributed by atoms with Crippen molar-refractivity contribution in [3.63, 3.8) is 0 Å². The van der Waals surface area contributed by atoms with Crippen LogP contribution in [-0.2, 0) is 0 Å². The summed E-state index contributed by atoms with van der Waals surface area (Å²) in [6, 6.07) is 64.6. The largest absolute Gasteiger partial charge is 0.256 e. The predicted octanol–water partition coefficient (Wildman–Crippen LogP) is 14.5. The molecule has 286 valence electrons. The molecule has 0 unspecified atom stereocenters. The van der Waals surface area contributed by atoms with E-state index in [0.717, 1.165) is 94.1 Å². The molecular weight excluding hydrogens is 753 g/mol. The molecule has 62 heavy (non-hydrogen) atoms. The van der Waals surface area contributed by atoms with Crippen LogP contribution in [0.15, 0.2) is 213 Å². The number of para-hydroxylation sites is 2. The maximum absolute atomic E-state index is 5.46. The third-order valence-electron chi connectivity index (χ3n) is 12.0. The summed E-state index contributed by atoms with van der Waals surface area (Å²) in [7, 11) is 0. The topological polar surface area (TPSA) is 51.6 Å². The molecular formula is C58H35N4+. The van der Waals surface area contributed by atoms with E-state index in [9.17, 15) is 0 Å². The molecule has 0 radical (unpaired) electrons. The minimum absolute atomic E-state index is 0.609. The van der Waals surface area contributed by atoms with E-state index < -0.39 is 0 Å². The van der Waals surface area contributed by atoms with Crippen LogP contribution in [0.25, 0.3) is 110 Å². The van der Waals surface area contributed by atoms with Gasteiger partial charge in [0.25, 0.3) is 0 Å². The quantitative estimate of drug-likeness (QED) is 0.158. The van der Waals surface area contributed by atoms with Crippen LogP contribution in [0.1, 0.15) is 11.4 Å². The van der Waals surface area contributed by atoms with E-state index >= 15 is 0 Å². The number of nitrogens with zero attached hydrogens (tertiary/aromatic N) is 4. The monoisotopic (exact) mass is 787 g/mol. The Morgan fingerprint density at radius 3 is 1.63 bits per heavy atom. The van der Waals surface area contributed by atoms with Gasteiger partial charge in [-0.25, -0.2) is 0 Å². The van der Waals surface area contributed by atoms with Gasteiger partial charge in [-0.1, -0.05) is 140 Å². The highest BCUT2D eigenvalue weighted by molar-refractivity contribution is 6.06. The Morgan fingerprint density at radius 1 is 0.355 bits per heavy atom. The first-order valence-electron chi connectivity index (χ1n) is 20.9. The van der Waals surface area contributed by atoms with E-state index in [2.05, 4.69) is 188 Å². The first kappa shape index (κ1) is 35.5. The second-order valence-electron chi connectivity index (χ2n) is 15.8. The van der Waals surface area contributed by atoms with Gasteiger partial charge in [-0.3, -0.25) is 9.97 Å². The number of benzene rings is 8. The zero-order chi connectivity index (χ0) is 41.0. The van der Waals surface area contributed by atoms with Crippen molar-refractivity contribution < 1.29 is 0 Å². The van der Waals surface area contributed by atoms with Crippen molar-refractivity contribution in [1.82, 2.24) is 19.9 Å². The van der Waals surface area contributed by atoms with Crippen molar-refractivity contribution in [3.05, 3.63) is 230 Å². The molecule has 3 aromatic heterocycles. The Balaban J connectivity index is 1.09. The van der Waals surface area contributed by atoms with E-state index in [4.69, 9.17) is 19.9 Å². The molecule has 8 aromatic carbocycles. The fourth-order valence-electron chi connectivity index (χ4n) is 8.90. The normalized spacial score (nSPS) is 12.5. The summed E-state index contributed by atoms with van der Waals surface area (Å²) in [5.74, 6) is 0.609. The van der Waals surface area contributed by atoms with Crippen LogP contribution in [0.2, 0.25) is 0 Å². The number of rotatable bonds is 6. The van der Waals surface area contributed by atoms with Crippen LogP contribution >= 0.6 is 0 Å². The molecule has 4 nitrogen and oxygen atoms in total. The first-order valence-corrected chi connectivity index (χ1v) is 20.9. The van der Waals surface area contributed by atoms with Gasteiger partial charge in [0, 0.05) is 63.5 Å². The lowest BCUT2D eigenvalue weighted by Gasteiger charge is -2.15. The average Bonchev–Trinajstić information content (AvgIpc) is 3.35. The van der Waals surface area contributed by atoms with Gasteiger partial charge in [-0.05, 0) is 86.3 Å². The Labute approximate surface area is 358 Å². The predicted molar refractivity (Wildman–Crippen MR) is 257 cm³/mol. The highest BCUT2D eigenvalue weighted by Gasteiger charge is 2.24. The molecule has 0 N–H and O–H groups in total. The Kier molecular flexibility index (Phi) is 8.41. The number of aromatic nitrogens is 4. The third-order valence-corrected chi connectivity index (χ3v) is 12.0. The maximum atomic E-state index is 5.46. The van der Waals surface area contributed by atoms with E-state index in [1.165, 1.54) is 21.5 Å². The smallest absolute Gasteiger partial charge is 0.250 e. The third kappa shape index (κ3) is 6.22. The molecule has 0 bridgehead atoms. The Morgan fingerprint density at radius 2 is 0.935 bits per heavy atom. The molecule has 1 aliphatic carbocycles. The summed E-state index contributed by atoms with van der Waals surface area (Å²) in [6.45, 7) is 0. The van der Waals surface area contributed by atoms with Gasteiger partial charge in [0.1, 0.15) is 0 Å². The lowest BCUT2D eigenvalue weighted by molar-refractivity contribution is 1.17. The second kappa shape index (κ2) is 14.7. The summed E-state index contributed by atoms with van der Waals surface area (Å²) in [5.41, 5.74) is 14.1. The number of hydrogen-bond donors (Lipinski definition) is 0. The molecule has 0 fully saturated rings. The summed E-state index contributed by atoms with van der Waals surface area (Å²) in [4.78, 5) is 20.4. The van der Waals surface area contributed by atoms with Gasteiger partial charge >= 0.3 is 0 Å². The average molecular weight is 788 g/mol. The van der Waals surface area contributed by atoms with Crippen LogP contribution < -0.4 is 0 Å². The standard InChI is InChI=1S/C58H35N4/c1-3-11-45-33-47(29-19-37(45)9-1)49-35-52(48-30-20-38-10-2-4-12-46(38)34-48)57-53(36-49)56(43-25-21-39(22-26-43)50-17-5-13-41-15-7-31-59-54(41)50)61-58(62-57)44-27-23-40(24-28-44)51-18-6-14-42-16-8-32-60-55(42)51/h1-27,29-36H/q+1. The molecule has 0 spiro atoms. The molecule has 3 heterocycles. The molecule has 0 amide bonds. The van der Waals surface area contributed by atoms with Gasteiger partial charge in [0.2, 0.25) is 5.82 Å². The van der Waals surface area contributed by atoms with Gasteiger partial charge in [-0.15, -0.1) is 0 Å². The van der Waals surface area contributed by atoms with E-state index in [-0.39, 0.29) is 0 Å². The van der Waals surface area contributed by atoms with Gasteiger partial charge in [0.05, 0.1) is 39.5 Å². The highest BCUT2D eigenvalue weighted by atomic mass is 14.9. The zero-order valence-corrected chi connectivity index (χ0v) is 33.5. The molecule has 0 atom stereocenters. The van der Waals surface area contributed by atoms with Crippen LogP contribution in [0, 0.1) is 6.08 Å². The molecule has 0 saturated heterocycles. The Bertz CT molecular complexity index is 3680. The summed E-state index contributed by atoms with van der Waals surface area (Å²) >= 11 is 0. The van der Waals surface area contributed by atoms with Crippen LogP contribution in [-0.4, -0.2) is 19.9 Å². The minimum Gasteiger partial charge on any atom is -0.256 e. The van der Waals surface area contributed by atoms with Gasteiger partial charge < -0.3 is 0 Å². The summed E-state index contributed by atoms with van der Waals surface area (Å²) < 4.78 is 0. The molecule has 4 heteroatoms. The summed E-state index contributed by atoms with van der Waals surface area (Å²) in [6.07, 6.45) is 13.5. The van der Waals surface area contributed by atoms with Crippen molar-refractivity contribution in [2.45, 2.75) is 0 Å². The fraction of sp³-hybridized carbons (Fsp3) is 0. The maximum Gasteiger partial charge on any atom is 0.250 e. The Hall–Kier alpha value is -8.43. The molecule has 1 aliphatic rings. The lowest BCUT2D eigenvalue weighted by atomic mass is 9.91. The number of allylic oxidation sites excluding steroid dienone is 6. The highest BCUT2D eigenvalue weighted by Crippen LogP contribution is 2.41. The minimum atomic E-state index is 0.609. The number of pyridine rings is 2. The van der Waals surface area contributed by atoms with Crippen molar-refractivity contribution in [2.24, 2.45) is 0 Å². The lowest BCUT2D eigenvalue weighted by Crippen LogP contribution is -2.01. The van der Waals surface area contributed by atoms with Gasteiger partial charge in [0.15, 0.2) is 5.57 Å². The van der Waals surface area contributed by atoms with E-state index in [0.29, 0.717) is 5.82 Å². The number of fused-ring (bicyclic) bond motifs is 5. The summed E-state index contributed by atoms with van der Waals surface area (Å²) in [5, 5.41) is 7.96. The number of hydrogen-bond acceptors (Lipinski definition) is 4. The molecule has 0 saturated carbocycles. The van der Waals surface area contributed by atoms with Crippen LogP contribution in [0.3, 0.4) is 0 Å². The fourth-order valence-corrected chi connectivity index (χ4v) is 8.90. The van der Waals surface area contributed by atoms with Crippen LogP contribution in [0.5, 0.6) is 0 Å². The van der Waals surface area contributed by atoms with Crippen molar-refractivity contribution in [1.29, 1.82) is 0 Å². The molecule has 0 aliphatic heterocycles. The van der Waals surface area contributed by atoms with Crippen molar-refractivity contribution in [2.75, 3.05) is 0 Å². The van der Waals surface area contributed by atoms with E-state index in [1.54, 1.807) is 0 Å². The van der Waals surface area contributed by atoms with Crippen molar-refractivity contribution in [3.8, 4) is 44.6 Å². The van der Waals surface area contributed by atoms with E-state index in [1.807, 2.05) is 30.6 Å². The SMILES string of the molecule is [C+]1=C(c2nc(-c3ccc(-c4cccc5cccnc45)cc3)c3cc(-c4ccc5ccccc5c4)cc(-c4ccc5ccccc5c4)c3n2)C=CC(c2cccc3cccnc23)=C1. The van der Waals surface area contributed by atoms with Crippen LogP contribution in [0.4, 0.5) is 0 Å².